The van der Waals surface area contributed by atoms with E-state index in [4.69, 9.17) is 4.74 Å². The van der Waals surface area contributed by atoms with E-state index in [1.165, 1.54) is 10.4 Å². The van der Waals surface area contributed by atoms with Crippen LogP contribution < -0.4 is 0 Å². The molecule has 0 saturated heterocycles. The van der Waals surface area contributed by atoms with E-state index in [0.29, 0.717) is 18.8 Å². The number of fused-ring (bicyclic) bond motifs is 1. The van der Waals surface area contributed by atoms with Crippen molar-refractivity contribution in [2.45, 2.75) is 38.8 Å². The van der Waals surface area contributed by atoms with Gasteiger partial charge >= 0.3 is 5.97 Å². The third-order valence-electron chi connectivity index (χ3n) is 4.64. The van der Waals surface area contributed by atoms with Gasteiger partial charge < -0.3 is 13.9 Å². The molecule has 0 radical (unpaired) electrons. The fourth-order valence-electron chi connectivity index (χ4n) is 3.10. The monoisotopic (exact) mass is 366 g/mol. The van der Waals surface area contributed by atoms with Crippen LogP contribution in [0.1, 0.15) is 34.6 Å². The lowest BCUT2D eigenvalue weighted by molar-refractivity contribution is 0.0515. The number of rotatable bonds is 4. The topological polar surface area (TPSA) is 86.4 Å². The van der Waals surface area contributed by atoms with Crippen LogP contribution in [0, 0.1) is 13.8 Å². The Bertz CT molecular complexity index is 926. The van der Waals surface area contributed by atoms with Crippen molar-refractivity contribution in [3.8, 4) is 0 Å². The highest BCUT2D eigenvalue weighted by Gasteiger charge is 2.33. The molecule has 1 aliphatic rings. The van der Waals surface area contributed by atoms with Crippen LogP contribution in [-0.4, -0.2) is 46.0 Å². The summed E-state index contributed by atoms with van der Waals surface area (Å²) in [5.41, 5.74) is 1.61. The van der Waals surface area contributed by atoms with Crippen LogP contribution in [-0.2, 0) is 34.9 Å². The molecule has 3 heterocycles. The smallest absolute Gasteiger partial charge is 0.354 e. The van der Waals surface area contributed by atoms with Crippen LogP contribution >= 0.6 is 0 Å². The minimum Gasteiger partial charge on any atom is -0.461 e. The maximum absolute atomic E-state index is 13.1. The van der Waals surface area contributed by atoms with E-state index >= 15 is 0 Å². The minimum absolute atomic E-state index is 0.141. The highest BCUT2D eigenvalue weighted by molar-refractivity contribution is 7.89. The molecular weight excluding hydrogens is 344 g/mol. The van der Waals surface area contributed by atoms with Crippen LogP contribution in [0.25, 0.3) is 0 Å². The van der Waals surface area contributed by atoms with Crippen molar-refractivity contribution in [3.05, 3.63) is 35.2 Å². The van der Waals surface area contributed by atoms with E-state index in [2.05, 4.69) is 4.98 Å². The molecule has 0 N–H and O–H groups in total. The summed E-state index contributed by atoms with van der Waals surface area (Å²) in [5.74, 6) is 0.356. The number of esters is 1. The van der Waals surface area contributed by atoms with Crippen LogP contribution in [0.3, 0.4) is 0 Å². The second kappa shape index (κ2) is 6.30. The van der Waals surface area contributed by atoms with Gasteiger partial charge in [-0.3, -0.25) is 0 Å². The summed E-state index contributed by atoms with van der Waals surface area (Å²) >= 11 is 0. The number of carbonyl (C=O) groups excluding carboxylic acids is 1. The molecule has 9 heteroatoms. The Balaban J connectivity index is 1.96. The molecule has 1 aliphatic heterocycles. The summed E-state index contributed by atoms with van der Waals surface area (Å²) in [6.07, 6.45) is 1.71. The molecule has 2 aromatic rings. The summed E-state index contributed by atoms with van der Waals surface area (Å²) in [7, 11) is -2.05. The number of sulfonamides is 1. The number of ether oxygens (including phenoxy) is 1. The van der Waals surface area contributed by atoms with E-state index < -0.39 is 16.0 Å². The third kappa shape index (κ3) is 2.87. The number of hydrogen-bond acceptors (Lipinski definition) is 5. The van der Waals surface area contributed by atoms with Gasteiger partial charge in [0.15, 0.2) is 0 Å². The molecule has 0 atom stereocenters. The zero-order valence-corrected chi connectivity index (χ0v) is 15.6. The second-order valence-electron chi connectivity index (χ2n) is 6.05. The largest absolute Gasteiger partial charge is 0.461 e. The normalized spacial score (nSPS) is 15.2. The predicted octanol–water partition coefficient (Wildman–Crippen LogP) is 1.22. The van der Waals surface area contributed by atoms with Gasteiger partial charge in [-0.2, -0.15) is 4.31 Å². The van der Waals surface area contributed by atoms with Gasteiger partial charge in [-0.1, -0.05) is 0 Å². The molecule has 0 saturated carbocycles. The average molecular weight is 366 g/mol. The van der Waals surface area contributed by atoms with Crippen LogP contribution in [0.4, 0.5) is 0 Å². The molecule has 3 rings (SSSR count). The molecular formula is C16H22N4O4S. The summed E-state index contributed by atoms with van der Waals surface area (Å²) < 4.78 is 36.2. The van der Waals surface area contributed by atoms with Crippen molar-refractivity contribution in [2.24, 2.45) is 7.05 Å². The summed E-state index contributed by atoms with van der Waals surface area (Å²) in [5, 5.41) is 0. The first-order valence-electron chi connectivity index (χ1n) is 8.12. The van der Waals surface area contributed by atoms with Crippen LogP contribution in [0.5, 0.6) is 0 Å². The van der Waals surface area contributed by atoms with Crippen molar-refractivity contribution < 1.29 is 17.9 Å². The Morgan fingerprint density at radius 1 is 1.32 bits per heavy atom. The highest BCUT2D eigenvalue weighted by atomic mass is 32.2. The standard InChI is InChI=1S/C16H22N4O4S/c1-5-24-16(21)14-8-15(11(2)18(14)4)25(22,23)19-6-7-20-12(3)17-9-13(20)10-19/h8-9H,5-7,10H2,1-4H3. The quantitative estimate of drug-likeness (QED) is 0.760. The van der Waals surface area contributed by atoms with Gasteiger partial charge in [0.2, 0.25) is 10.0 Å². The SMILES string of the molecule is CCOC(=O)c1cc(S(=O)(=O)N2CCn3c(cnc3C)C2)c(C)n1C. The molecule has 25 heavy (non-hydrogen) atoms. The number of hydrogen-bond donors (Lipinski definition) is 0. The molecule has 0 aliphatic carbocycles. The van der Waals surface area contributed by atoms with Gasteiger partial charge in [0.25, 0.3) is 0 Å². The lowest BCUT2D eigenvalue weighted by atomic mass is 10.3. The molecule has 0 aromatic carbocycles. The number of imidazole rings is 1. The number of nitrogens with zero attached hydrogens (tertiary/aromatic N) is 4. The Kier molecular flexibility index (Phi) is 4.46. The van der Waals surface area contributed by atoms with Crippen LogP contribution in [0.15, 0.2) is 17.2 Å². The van der Waals surface area contributed by atoms with Gasteiger partial charge in [0.05, 0.1) is 18.8 Å². The van der Waals surface area contributed by atoms with E-state index in [1.54, 1.807) is 31.7 Å². The minimum atomic E-state index is -3.71. The van der Waals surface area contributed by atoms with Crippen molar-refractivity contribution in [1.29, 1.82) is 0 Å². The summed E-state index contributed by atoms with van der Waals surface area (Å²) in [4.78, 5) is 16.4. The average Bonchev–Trinajstić information content (AvgIpc) is 3.09. The maximum atomic E-state index is 13.1. The zero-order chi connectivity index (χ0) is 18.4. The maximum Gasteiger partial charge on any atom is 0.354 e. The molecule has 2 aromatic heterocycles. The molecule has 8 nitrogen and oxygen atoms in total. The molecule has 0 bridgehead atoms. The Hall–Kier alpha value is -2.13. The van der Waals surface area contributed by atoms with Crippen molar-refractivity contribution in [3.63, 3.8) is 0 Å². The molecule has 0 unspecified atom stereocenters. The zero-order valence-electron chi connectivity index (χ0n) is 14.8. The number of carbonyl (C=O) groups is 1. The Morgan fingerprint density at radius 3 is 2.72 bits per heavy atom. The van der Waals surface area contributed by atoms with E-state index in [0.717, 1.165) is 11.5 Å². The van der Waals surface area contributed by atoms with Gasteiger partial charge in [-0.25, -0.2) is 18.2 Å². The first-order valence-corrected chi connectivity index (χ1v) is 9.56. The summed E-state index contributed by atoms with van der Waals surface area (Å²) in [6, 6.07) is 1.40. The molecule has 0 amide bonds. The van der Waals surface area contributed by atoms with Gasteiger partial charge in [0.1, 0.15) is 16.4 Å². The van der Waals surface area contributed by atoms with Gasteiger partial charge in [0, 0.05) is 32.0 Å². The van der Waals surface area contributed by atoms with Crippen molar-refractivity contribution in [2.75, 3.05) is 13.2 Å². The van der Waals surface area contributed by atoms with Crippen molar-refractivity contribution >= 4 is 16.0 Å². The van der Waals surface area contributed by atoms with E-state index in [1.807, 2.05) is 11.5 Å². The fourth-order valence-corrected chi connectivity index (χ4v) is 4.77. The first kappa shape index (κ1) is 17.7. The van der Waals surface area contributed by atoms with E-state index in [-0.39, 0.29) is 23.7 Å². The fraction of sp³-hybridized carbons (Fsp3) is 0.500. The highest BCUT2D eigenvalue weighted by Crippen LogP contribution is 2.27. The Morgan fingerprint density at radius 2 is 2.04 bits per heavy atom. The molecule has 136 valence electrons. The molecule has 0 spiro atoms. The van der Waals surface area contributed by atoms with Gasteiger partial charge in [-0.15, -0.1) is 0 Å². The van der Waals surface area contributed by atoms with E-state index in [9.17, 15) is 13.2 Å². The third-order valence-corrected chi connectivity index (χ3v) is 6.60. The van der Waals surface area contributed by atoms with Gasteiger partial charge in [-0.05, 0) is 26.8 Å². The van der Waals surface area contributed by atoms with Crippen molar-refractivity contribution in [1.82, 2.24) is 18.4 Å². The lowest BCUT2D eigenvalue weighted by Gasteiger charge is -2.28. The second-order valence-corrected chi connectivity index (χ2v) is 7.95. The number of aryl methyl sites for hydroxylation is 1. The van der Waals surface area contributed by atoms with Crippen LogP contribution in [0.2, 0.25) is 0 Å². The Labute approximate surface area is 147 Å². The summed E-state index contributed by atoms with van der Waals surface area (Å²) in [6.45, 7) is 6.75. The lowest BCUT2D eigenvalue weighted by Crippen LogP contribution is -2.38. The molecule has 0 fully saturated rings. The predicted molar refractivity (Wildman–Crippen MR) is 90.7 cm³/mol. The number of aromatic nitrogens is 3. The first-order chi connectivity index (χ1) is 11.8.